The molecule has 4 rings (SSSR count). The Labute approximate surface area is 192 Å². The van der Waals surface area contributed by atoms with E-state index in [4.69, 9.17) is 10.7 Å². The molecule has 0 radical (unpaired) electrons. The van der Waals surface area contributed by atoms with Gasteiger partial charge in [0.1, 0.15) is 0 Å². The number of aromatic nitrogens is 4. The Morgan fingerprint density at radius 2 is 1.97 bits per heavy atom. The van der Waals surface area contributed by atoms with E-state index in [1.165, 1.54) is 29.2 Å². The van der Waals surface area contributed by atoms with E-state index in [2.05, 4.69) is 4.98 Å². The van der Waals surface area contributed by atoms with Gasteiger partial charge in [0.2, 0.25) is 5.91 Å². The maximum absolute atomic E-state index is 13.1. The van der Waals surface area contributed by atoms with Crippen LogP contribution in [0.25, 0.3) is 15.9 Å². The molecule has 0 aliphatic carbocycles. The van der Waals surface area contributed by atoms with Crippen molar-refractivity contribution in [3.63, 3.8) is 0 Å². The first-order chi connectivity index (χ1) is 15.4. The summed E-state index contributed by atoms with van der Waals surface area (Å²) in [6.07, 6.45) is 2.57. The number of fused-ring (bicyclic) bond motifs is 2. The molecule has 0 unspecified atom stereocenters. The van der Waals surface area contributed by atoms with Gasteiger partial charge in [-0.25, -0.2) is 9.97 Å². The second-order valence-electron chi connectivity index (χ2n) is 7.51. The van der Waals surface area contributed by atoms with E-state index in [1.807, 2.05) is 30.5 Å². The summed E-state index contributed by atoms with van der Waals surface area (Å²) >= 11 is 2.82. The van der Waals surface area contributed by atoms with Gasteiger partial charge in [-0.15, -0.1) is 11.3 Å². The third-order valence-corrected chi connectivity index (χ3v) is 7.06. The number of hydrogen-bond acceptors (Lipinski definition) is 7. The van der Waals surface area contributed by atoms with Crippen LogP contribution >= 0.6 is 23.1 Å². The van der Waals surface area contributed by atoms with Crippen molar-refractivity contribution in [1.82, 2.24) is 18.9 Å². The fourth-order valence-corrected chi connectivity index (χ4v) is 5.32. The van der Waals surface area contributed by atoms with Crippen LogP contribution in [0.4, 0.5) is 0 Å². The van der Waals surface area contributed by atoms with E-state index in [0.29, 0.717) is 51.9 Å². The smallest absolute Gasteiger partial charge is 0.262 e. The Kier molecular flexibility index (Phi) is 6.71. The zero-order chi connectivity index (χ0) is 22.7. The molecule has 166 valence electrons. The normalized spacial score (nSPS) is 11.4. The predicted molar refractivity (Wildman–Crippen MR) is 127 cm³/mol. The monoisotopic (exact) mass is 469 g/mol. The van der Waals surface area contributed by atoms with Gasteiger partial charge in [-0.3, -0.25) is 23.4 Å². The number of rotatable bonds is 9. The predicted octanol–water partition coefficient (Wildman–Crippen LogP) is 3.11. The Bertz CT molecular complexity index is 1410. The molecule has 0 atom stereocenters. The number of nitrogens with two attached hydrogens (primary N) is 1. The molecule has 1 aromatic carbocycles. The first kappa shape index (κ1) is 22.2. The number of primary amides is 1. The number of nitrogens with zero attached hydrogens (tertiary/aromatic N) is 4. The maximum Gasteiger partial charge on any atom is 0.262 e. The number of carbonyl (C=O) groups excluding carboxylic acids is 1. The number of carbonyl (C=O) groups is 1. The topological polar surface area (TPSA) is 112 Å². The van der Waals surface area contributed by atoms with Crippen molar-refractivity contribution >= 4 is 44.9 Å². The molecule has 3 aromatic heterocycles. The highest BCUT2D eigenvalue weighted by Crippen LogP contribution is 2.22. The molecule has 0 aliphatic heterocycles. The van der Waals surface area contributed by atoms with Gasteiger partial charge < -0.3 is 5.73 Å². The summed E-state index contributed by atoms with van der Waals surface area (Å²) in [6.45, 7) is 2.37. The van der Waals surface area contributed by atoms with Gasteiger partial charge in [-0.05, 0) is 31.9 Å². The summed E-state index contributed by atoms with van der Waals surface area (Å²) in [5.41, 5.74) is 7.16. The molecule has 10 heteroatoms. The molecule has 0 bridgehead atoms. The molecule has 2 N–H and O–H groups in total. The fraction of sp³-hybridized carbons (Fsp3) is 0.318. The highest BCUT2D eigenvalue weighted by Gasteiger charge is 2.13. The lowest BCUT2D eigenvalue weighted by Crippen LogP contribution is -2.23. The Balaban J connectivity index is 1.59. The third kappa shape index (κ3) is 4.76. The van der Waals surface area contributed by atoms with Gasteiger partial charge in [-0.1, -0.05) is 30.3 Å². The summed E-state index contributed by atoms with van der Waals surface area (Å²) in [6, 6.07) is 8.81. The number of thioether (sulfide) groups is 1. The molecule has 1 amide bonds. The molecule has 0 spiro atoms. The number of amides is 1. The van der Waals surface area contributed by atoms with Gasteiger partial charge in [0.25, 0.3) is 11.1 Å². The lowest BCUT2D eigenvalue weighted by atomic mass is 10.2. The first-order valence-corrected chi connectivity index (χ1v) is 12.2. The Morgan fingerprint density at radius 3 is 2.78 bits per heavy atom. The second-order valence-corrected chi connectivity index (χ2v) is 9.29. The number of unbranched alkanes of at least 4 members (excludes halogenated alkanes) is 2. The molecule has 0 saturated heterocycles. The Morgan fingerprint density at radius 1 is 1.16 bits per heavy atom. The lowest BCUT2D eigenvalue weighted by molar-refractivity contribution is -0.118. The third-order valence-electron chi connectivity index (χ3n) is 5.11. The van der Waals surface area contributed by atoms with E-state index in [9.17, 15) is 14.4 Å². The van der Waals surface area contributed by atoms with Crippen molar-refractivity contribution in [2.45, 2.75) is 50.1 Å². The van der Waals surface area contributed by atoms with Crippen LogP contribution in [0, 0.1) is 6.92 Å². The van der Waals surface area contributed by atoms with Crippen LogP contribution in [-0.2, 0) is 17.1 Å². The van der Waals surface area contributed by atoms with Crippen molar-refractivity contribution in [2.75, 3.05) is 0 Å². The minimum atomic E-state index is -0.313. The van der Waals surface area contributed by atoms with E-state index in [-0.39, 0.29) is 17.0 Å². The fourth-order valence-electron chi connectivity index (χ4n) is 3.51. The number of para-hydroxylation sites is 1. The van der Waals surface area contributed by atoms with Crippen molar-refractivity contribution in [3.8, 4) is 0 Å². The summed E-state index contributed by atoms with van der Waals surface area (Å²) in [4.78, 5) is 46.5. The molecular formula is C22H23N5O3S2. The minimum Gasteiger partial charge on any atom is -0.370 e. The molecule has 3 heterocycles. The Hall–Kier alpha value is -2.98. The number of aryl methyl sites for hydroxylation is 1. The SMILES string of the molecule is Cc1csc2nc(CSc3nc4ccccc4c(=O)n3CCCCCC(N)=O)cc(=O)n12. The van der Waals surface area contributed by atoms with Crippen LogP contribution in [0.15, 0.2) is 50.5 Å². The van der Waals surface area contributed by atoms with Crippen LogP contribution in [0.3, 0.4) is 0 Å². The maximum atomic E-state index is 13.1. The average Bonchev–Trinajstić information content (AvgIpc) is 3.14. The van der Waals surface area contributed by atoms with Crippen LogP contribution in [0.1, 0.15) is 37.1 Å². The van der Waals surface area contributed by atoms with E-state index in [0.717, 1.165) is 18.5 Å². The summed E-state index contributed by atoms with van der Waals surface area (Å²) in [7, 11) is 0. The summed E-state index contributed by atoms with van der Waals surface area (Å²) in [5, 5.41) is 3.07. The van der Waals surface area contributed by atoms with Crippen molar-refractivity contribution < 1.29 is 4.79 Å². The number of benzene rings is 1. The molecule has 8 nitrogen and oxygen atoms in total. The summed E-state index contributed by atoms with van der Waals surface area (Å²) in [5.74, 6) is 0.113. The molecular weight excluding hydrogens is 446 g/mol. The largest absolute Gasteiger partial charge is 0.370 e. The van der Waals surface area contributed by atoms with Crippen LogP contribution in [-0.4, -0.2) is 24.8 Å². The zero-order valence-corrected chi connectivity index (χ0v) is 19.2. The van der Waals surface area contributed by atoms with Gasteiger partial charge in [-0.2, -0.15) is 0 Å². The van der Waals surface area contributed by atoms with Crippen molar-refractivity contribution in [2.24, 2.45) is 5.73 Å². The van der Waals surface area contributed by atoms with Crippen LogP contribution in [0.5, 0.6) is 0 Å². The average molecular weight is 470 g/mol. The minimum absolute atomic E-state index is 0.0923. The number of thiazole rings is 1. The van der Waals surface area contributed by atoms with Gasteiger partial charge in [0, 0.05) is 35.9 Å². The highest BCUT2D eigenvalue weighted by atomic mass is 32.2. The standard InChI is InChI=1S/C22H23N5O3S2/c1-14-12-31-22-24-15(11-19(29)27(14)22)13-32-21-25-17-8-5-4-7-16(17)20(30)26(21)10-6-2-3-9-18(23)28/h4-5,7-8,11-12H,2-3,6,9-10,13H2,1H3,(H2,23,28). The van der Waals surface area contributed by atoms with Crippen LogP contribution in [0.2, 0.25) is 0 Å². The van der Waals surface area contributed by atoms with Crippen molar-refractivity contribution in [3.05, 3.63) is 67.8 Å². The van der Waals surface area contributed by atoms with Gasteiger partial charge in [0.05, 0.1) is 16.6 Å². The molecule has 0 fully saturated rings. The summed E-state index contributed by atoms with van der Waals surface area (Å²) < 4.78 is 3.27. The molecule has 0 saturated carbocycles. The second kappa shape index (κ2) is 9.66. The van der Waals surface area contributed by atoms with E-state index < -0.39 is 0 Å². The zero-order valence-electron chi connectivity index (χ0n) is 17.6. The molecule has 32 heavy (non-hydrogen) atoms. The quantitative estimate of drug-likeness (QED) is 0.229. The van der Waals surface area contributed by atoms with Crippen molar-refractivity contribution in [1.29, 1.82) is 0 Å². The van der Waals surface area contributed by atoms with E-state index >= 15 is 0 Å². The van der Waals surface area contributed by atoms with Gasteiger partial charge >= 0.3 is 0 Å². The lowest BCUT2D eigenvalue weighted by Gasteiger charge is -2.13. The highest BCUT2D eigenvalue weighted by molar-refractivity contribution is 7.98. The number of hydrogen-bond donors (Lipinski definition) is 1. The van der Waals surface area contributed by atoms with E-state index in [1.54, 1.807) is 15.0 Å². The van der Waals surface area contributed by atoms with Crippen LogP contribution < -0.4 is 16.9 Å². The van der Waals surface area contributed by atoms with Gasteiger partial charge in [0.15, 0.2) is 10.1 Å². The first-order valence-electron chi connectivity index (χ1n) is 10.3. The molecule has 0 aliphatic rings. The molecule has 4 aromatic rings.